The predicted octanol–water partition coefficient (Wildman–Crippen LogP) is 2.58. The number of methoxy groups -OCH3 is 1. The normalized spacial score (nSPS) is 12.7. The van der Waals surface area contributed by atoms with E-state index in [0.29, 0.717) is 4.67 Å². The second kappa shape index (κ2) is 5.58. The number of nitrogens with one attached hydrogen (secondary N) is 1. The van der Waals surface area contributed by atoms with Gasteiger partial charge in [0, 0.05) is 12.1 Å². The van der Waals surface area contributed by atoms with Crippen molar-refractivity contribution in [1.82, 2.24) is 15.1 Å². The molecule has 98 valence electrons. The van der Waals surface area contributed by atoms with E-state index in [1.165, 1.54) is 0 Å². The Labute approximate surface area is 114 Å². The molecule has 18 heavy (non-hydrogen) atoms. The quantitative estimate of drug-likeness (QED) is 0.921. The Morgan fingerprint density at radius 3 is 2.89 bits per heavy atom. The third-order valence-corrected chi connectivity index (χ3v) is 3.53. The Kier molecular flexibility index (Phi) is 4.08. The van der Waals surface area contributed by atoms with Crippen molar-refractivity contribution in [2.75, 3.05) is 14.2 Å². The third-order valence-electron chi connectivity index (χ3n) is 2.88. The maximum atomic E-state index is 5.38. The molecule has 0 aliphatic heterocycles. The first-order chi connectivity index (χ1) is 8.72. The summed E-state index contributed by atoms with van der Waals surface area (Å²) in [6.07, 6.45) is 3.39. The summed E-state index contributed by atoms with van der Waals surface area (Å²) in [5.74, 6) is 0.768. The number of furan rings is 1. The lowest BCUT2D eigenvalue weighted by Crippen LogP contribution is -2.22. The van der Waals surface area contributed by atoms with Crippen molar-refractivity contribution in [3.05, 3.63) is 34.5 Å². The lowest BCUT2D eigenvalue weighted by atomic mass is 10.1. The van der Waals surface area contributed by atoms with Crippen molar-refractivity contribution in [2.45, 2.75) is 19.5 Å². The van der Waals surface area contributed by atoms with Crippen LogP contribution in [-0.4, -0.2) is 23.9 Å². The van der Waals surface area contributed by atoms with E-state index in [4.69, 9.17) is 9.15 Å². The van der Waals surface area contributed by atoms with Crippen LogP contribution in [0.25, 0.3) is 0 Å². The molecule has 0 fully saturated rings. The predicted molar refractivity (Wildman–Crippen MR) is 71.8 cm³/mol. The van der Waals surface area contributed by atoms with Gasteiger partial charge in [-0.2, -0.15) is 5.10 Å². The highest BCUT2D eigenvalue weighted by atomic mass is 79.9. The van der Waals surface area contributed by atoms with Crippen LogP contribution in [0, 0.1) is 0 Å². The number of hydrogen-bond acceptors (Lipinski definition) is 4. The maximum Gasteiger partial charge on any atom is 0.174 e. The summed E-state index contributed by atoms with van der Waals surface area (Å²) in [7, 11) is 3.55. The minimum Gasteiger partial charge on any atom is -0.493 e. The molecule has 1 unspecified atom stereocenters. The number of hydrogen-bond donors (Lipinski definition) is 1. The SMILES string of the molecule is CCn1ncc(OC)c1C(NC)c1ccoc1Br. The van der Waals surface area contributed by atoms with Crippen LogP contribution in [0.4, 0.5) is 0 Å². The zero-order valence-corrected chi connectivity index (χ0v) is 12.2. The van der Waals surface area contributed by atoms with Crippen molar-refractivity contribution < 1.29 is 9.15 Å². The van der Waals surface area contributed by atoms with Gasteiger partial charge in [0.25, 0.3) is 0 Å². The highest BCUT2D eigenvalue weighted by molar-refractivity contribution is 9.10. The van der Waals surface area contributed by atoms with Gasteiger partial charge in [0.05, 0.1) is 25.6 Å². The Bertz CT molecular complexity index is 500. The first kappa shape index (κ1) is 13.2. The largest absolute Gasteiger partial charge is 0.493 e. The molecule has 0 saturated carbocycles. The molecule has 2 rings (SSSR count). The summed E-state index contributed by atoms with van der Waals surface area (Å²) in [5.41, 5.74) is 2.01. The van der Waals surface area contributed by atoms with Crippen LogP contribution in [0.5, 0.6) is 5.75 Å². The molecule has 2 aromatic heterocycles. The first-order valence-corrected chi connectivity index (χ1v) is 6.52. The van der Waals surface area contributed by atoms with Crippen LogP contribution >= 0.6 is 15.9 Å². The van der Waals surface area contributed by atoms with Crippen LogP contribution in [0.1, 0.15) is 24.2 Å². The maximum absolute atomic E-state index is 5.38. The highest BCUT2D eigenvalue weighted by Gasteiger charge is 2.24. The van der Waals surface area contributed by atoms with E-state index in [2.05, 4.69) is 26.3 Å². The van der Waals surface area contributed by atoms with E-state index in [-0.39, 0.29) is 6.04 Å². The molecule has 0 saturated heterocycles. The monoisotopic (exact) mass is 313 g/mol. The van der Waals surface area contributed by atoms with Gasteiger partial charge in [-0.15, -0.1) is 0 Å². The number of ether oxygens (including phenoxy) is 1. The van der Waals surface area contributed by atoms with Gasteiger partial charge in [-0.25, -0.2) is 0 Å². The molecule has 0 radical (unpaired) electrons. The number of aryl methyl sites for hydroxylation is 1. The van der Waals surface area contributed by atoms with Gasteiger partial charge < -0.3 is 14.5 Å². The van der Waals surface area contributed by atoms with E-state index in [1.54, 1.807) is 19.6 Å². The van der Waals surface area contributed by atoms with Gasteiger partial charge in [-0.05, 0) is 36.0 Å². The summed E-state index contributed by atoms with van der Waals surface area (Å²) in [4.78, 5) is 0. The molecule has 0 amide bonds. The topological polar surface area (TPSA) is 52.2 Å². The Hall–Kier alpha value is -1.27. The van der Waals surface area contributed by atoms with Crippen LogP contribution in [0.15, 0.2) is 27.6 Å². The summed E-state index contributed by atoms with van der Waals surface area (Å²) >= 11 is 3.41. The van der Waals surface area contributed by atoms with Crippen molar-refractivity contribution >= 4 is 15.9 Å². The molecule has 0 spiro atoms. The molecule has 0 aromatic carbocycles. The lowest BCUT2D eigenvalue weighted by molar-refractivity contribution is 0.400. The Morgan fingerprint density at radius 1 is 1.61 bits per heavy atom. The second-order valence-electron chi connectivity index (χ2n) is 3.79. The van der Waals surface area contributed by atoms with E-state index >= 15 is 0 Å². The molecule has 5 nitrogen and oxygen atoms in total. The molecule has 6 heteroatoms. The standard InChI is InChI=1S/C12H16BrN3O2/c1-4-16-11(9(17-3)7-15-16)10(14-2)8-5-6-18-12(8)13/h5-7,10,14H,4H2,1-3H3. The van der Waals surface area contributed by atoms with Gasteiger partial charge in [0.1, 0.15) is 5.69 Å². The average molecular weight is 314 g/mol. The van der Waals surface area contributed by atoms with Crippen LogP contribution in [-0.2, 0) is 6.54 Å². The molecule has 0 aliphatic carbocycles. The highest BCUT2D eigenvalue weighted by Crippen LogP contribution is 2.33. The fourth-order valence-corrected chi connectivity index (χ4v) is 2.50. The number of rotatable bonds is 5. The van der Waals surface area contributed by atoms with Gasteiger partial charge in [0.15, 0.2) is 10.4 Å². The van der Waals surface area contributed by atoms with Crippen molar-refractivity contribution in [3.8, 4) is 5.75 Å². The van der Waals surface area contributed by atoms with Gasteiger partial charge in [0.2, 0.25) is 0 Å². The molecule has 1 N–H and O–H groups in total. The van der Waals surface area contributed by atoms with Crippen molar-refractivity contribution in [3.63, 3.8) is 0 Å². The first-order valence-electron chi connectivity index (χ1n) is 5.72. The molecule has 0 bridgehead atoms. The fraction of sp³-hybridized carbons (Fsp3) is 0.417. The van der Waals surface area contributed by atoms with E-state index in [9.17, 15) is 0 Å². The van der Waals surface area contributed by atoms with E-state index in [1.807, 2.05) is 24.7 Å². The van der Waals surface area contributed by atoms with Crippen molar-refractivity contribution in [1.29, 1.82) is 0 Å². The molecular weight excluding hydrogens is 298 g/mol. The fourth-order valence-electron chi connectivity index (χ4n) is 2.03. The molecular formula is C12H16BrN3O2. The smallest absolute Gasteiger partial charge is 0.174 e. The molecule has 2 heterocycles. The third kappa shape index (κ3) is 2.18. The van der Waals surface area contributed by atoms with Gasteiger partial charge >= 0.3 is 0 Å². The van der Waals surface area contributed by atoms with Gasteiger partial charge in [-0.3, -0.25) is 4.68 Å². The zero-order valence-electron chi connectivity index (χ0n) is 10.6. The molecule has 2 aromatic rings. The number of nitrogens with zero attached hydrogens (tertiary/aromatic N) is 2. The Balaban J connectivity index is 2.50. The minimum atomic E-state index is -0.0319. The number of aromatic nitrogens is 2. The number of halogens is 1. The summed E-state index contributed by atoms with van der Waals surface area (Å²) in [6, 6.07) is 1.90. The average Bonchev–Trinajstić information content (AvgIpc) is 2.98. The van der Waals surface area contributed by atoms with Crippen molar-refractivity contribution in [2.24, 2.45) is 0 Å². The zero-order chi connectivity index (χ0) is 13.1. The lowest BCUT2D eigenvalue weighted by Gasteiger charge is -2.18. The second-order valence-corrected chi connectivity index (χ2v) is 4.51. The molecule has 0 aliphatic rings. The minimum absolute atomic E-state index is 0.0319. The van der Waals surface area contributed by atoms with E-state index in [0.717, 1.165) is 23.6 Å². The van der Waals surface area contributed by atoms with Crippen LogP contribution in [0.2, 0.25) is 0 Å². The summed E-state index contributed by atoms with van der Waals surface area (Å²) in [6.45, 7) is 2.83. The Morgan fingerprint density at radius 2 is 2.39 bits per heavy atom. The van der Waals surface area contributed by atoms with E-state index < -0.39 is 0 Å². The van der Waals surface area contributed by atoms with Gasteiger partial charge in [-0.1, -0.05) is 0 Å². The van der Waals surface area contributed by atoms with Crippen LogP contribution in [0.3, 0.4) is 0 Å². The molecule has 1 atom stereocenters. The van der Waals surface area contributed by atoms with Crippen LogP contribution < -0.4 is 10.1 Å². The summed E-state index contributed by atoms with van der Waals surface area (Å²) < 4.78 is 13.3. The summed E-state index contributed by atoms with van der Waals surface area (Å²) in [5, 5.41) is 7.59.